The molecule has 1 amide bonds. The minimum atomic E-state index is -0.508. The van der Waals surface area contributed by atoms with Crippen molar-refractivity contribution in [2.45, 2.75) is 33.1 Å². The molecule has 0 aliphatic carbocycles. The summed E-state index contributed by atoms with van der Waals surface area (Å²) < 4.78 is 5.39. The number of amides is 1. The van der Waals surface area contributed by atoms with Gasteiger partial charge in [0.2, 0.25) is 5.91 Å². The second-order valence-corrected chi connectivity index (χ2v) is 7.27. The number of nitrogens with one attached hydrogen (secondary N) is 2. The summed E-state index contributed by atoms with van der Waals surface area (Å²) in [5.41, 5.74) is 8.01. The number of nitrogens with zero attached hydrogens (tertiary/aromatic N) is 2. The quantitative estimate of drug-likeness (QED) is 0.536. The zero-order valence-corrected chi connectivity index (χ0v) is 20.1. The highest BCUT2D eigenvalue weighted by Gasteiger charge is 2.33. The maximum Gasteiger partial charge on any atom is 0.231 e. The first kappa shape index (κ1) is 28.9. The second kappa shape index (κ2) is 13.3. The number of nitrogens with two attached hydrogens (primary N) is 1. The van der Waals surface area contributed by atoms with Crippen LogP contribution < -0.4 is 11.1 Å². The van der Waals surface area contributed by atoms with Gasteiger partial charge in [-0.1, -0.05) is 13.8 Å². The number of carbonyl (C=O) groups is 1. The van der Waals surface area contributed by atoms with Gasteiger partial charge in [-0.2, -0.15) is 0 Å². The van der Waals surface area contributed by atoms with Gasteiger partial charge in [0.25, 0.3) is 0 Å². The average Bonchev–Trinajstić information content (AvgIpc) is 3.11. The molecule has 30 heavy (non-hydrogen) atoms. The van der Waals surface area contributed by atoms with E-state index in [-0.39, 0.29) is 43.1 Å². The number of ether oxygens (including phenoxy) is 1. The van der Waals surface area contributed by atoms with Crippen LogP contribution in [0.25, 0.3) is 11.0 Å². The molecule has 2 heterocycles. The third-order valence-electron chi connectivity index (χ3n) is 5.78. The number of morpholine rings is 1. The minimum absolute atomic E-state index is 0. The van der Waals surface area contributed by atoms with Crippen molar-refractivity contribution in [3.8, 4) is 0 Å². The summed E-state index contributed by atoms with van der Waals surface area (Å²) in [6, 6.07) is 5.80. The third-order valence-corrected chi connectivity index (χ3v) is 5.78. The van der Waals surface area contributed by atoms with Crippen LogP contribution in [0.1, 0.15) is 32.5 Å². The summed E-state index contributed by atoms with van der Waals surface area (Å²) >= 11 is 0. The van der Waals surface area contributed by atoms with Gasteiger partial charge in [-0.15, -0.1) is 37.2 Å². The molecule has 1 saturated heterocycles. The van der Waals surface area contributed by atoms with Gasteiger partial charge in [0, 0.05) is 38.3 Å². The average molecular weight is 483 g/mol. The highest BCUT2D eigenvalue weighted by molar-refractivity contribution is 5.97. The number of halogens is 3. The molecule has 3 rings (SSSR count). The van der Waals surface area contributed by atoms with E-state index in [1.165, 1.54) is 0 Å². The Hall–Kier alpha value is -1.09. The van der Waals surface area contributed by atoms with Crippen LogP contribution in [-0.2, 0) is 16.0 Å². The molecule has 1 aliphatic heterocycles. The van der Waals surface area contributed by atoms with Gasteiger partial charge in [0.15, 0.2) is 0 Å². The lowest BCUT2D eigenvalue weighted by Gasteiger charge is -2.28. The maximum atomic E-state index is 12.7. The van der Waals surface area contributed by atoms with Gasteiger partial charge >= 0.3 is 0 Å². The van der Waals surface area contributed by atoms with Crippen molar-refractivity contribution in [3.05, 3.63) is 24.0 Å². The number of fused-ring (bicyclic) bond motifs is 1. The number of anilines is 1. The van der Waals surface area contributed by atoms with E-state index in [4.69, 9.17) is 10.5 Å². The Morgan fingerprint density at radius 3 is 2.50 bits per heavy atom. The van der Waals surface area contributed by atoms with Crippen molar-refractivity contribution < 1.29 is 9.53 Å². The fourth-order valence-electron chi connectivity index (χ4n) is 3.56. The molecule has 172 valence electrons. The topological polar surface area (TPSA) is 96.3 Å². The van der Waals surface area contributed by atoms with Crippen molar-refractivity contribution in [1.82, 2.24) is 14.9 Å². The van der Waals surface area contributed by atoms with Crippen molar-refractivity contribution in [3.63, 3.8) is 0 Å². The van der Waals surface area contributed by atoms with Crippen LogP contribution >= 0.6 is 37.2 Å². The minimum Gasteiger partial charge on any atom is -0.379 e. The lowest BCUT2D eigenvalue weighted by Crippen LogP contribution is -2.41. The van der Waals surface area contributed by atoms with E-state index in [0.717, 1.165) is 74.7 Å². The van der Waals surface area contributed by atoms with Gasteiger partial charge in [0.1, 0.15) is 5.82 Å². The first-order valence-electron chi connectivity index (χ1n) is 9.90. The molecule has 7 nitrogen and oxygen atoms in total. The predicted octanol–water partition coefficient (Wildman–Crippen LogP) is 3.41. The van der Waals surface area contributed by atoms with E-state index in [2.05, 4.69) is 20.2 Å². The Morgan fingerprint density at radius 2 is 1.90 bits per heavy atom. The van der Waals surface area contributed by atoms with E-state index in [9.17, 15) is 4.79 Å². The molecule has 0 spiro atoms. The van der Waals surface area contributed by atoms with Crippen LogP contribution in [0.2, 0.25) is 0 Å². The molecule has 0 atom stereocenters. The second-order valence-electron chi connectivity index (χ2n) is 7.27. The Bertz CT molecular complexity index is 769. The summed E-state index contributed by atoms with van der Waals surface area (Å²) in [5.74, 6) is 0.958. The summed E-state index contributed by atoms with van der Waals surface area (Å²) in [5, 5.41) is 3.03. The van der Waals surface area contributed by atoms with Crippen molar-refractivity contribution in [2.75, 3.05) is 44.7 Å². The van der Waals surface area contributed by atoms with Crippen LogP contribution in [0.15, 0.2) is 18.2 Å². The van der Waals surface area contributed by atoms with Gasteiger partial charge in [0.05, 0.1) is 29.7 Å². The van der Waals surface area contributed by atoms with Gasteiger partial charge in [-0.25, -0.2) is 4.98 Å². The number of rotatable bonds is 8. The summed E-state index contributed by atoms with van der Waals surface area (Å²) in [4.78, 5) is 23.2. The number of aromatic nitrogens is 2. The monoisotopic (exact) mass is 481 g/mol. The Kier molecular flexibility index (Phi) is 12.9. The number of benzene rings is 1. The highest BCUT2D eigenvalue weighted by atomic mass is 35.5. The normalized spacial score (nSPS) is 14.4. The molecule has 2 aromatic rings. The first-order valence-corrected chi connectivity index (χ1v) is 9.90. The summed E-state index contributed by atoms with van der Waals surface area (Å²) in [6.07, 6.45) is 2.33. The lowest BCUT2D eigenvalue weighted by molar-refractivity contribution is -0.125. The van der Waals surface area contributed by atoms with Crippen LogP contribution in [0.5, 0.6) is 0 Å². The van der Waals surface area contributed by atoms with E-state index < -0.39 is 5.41 Å². The molecule has 0 radical (unpaired) electrons. The van der Waals surface area contributed by atoms with E-state index in [1.54, 1.807) is 0 Å². The van der Waals surface area contributed by atoms with E-state index >= 15 is 0 Å². The van der Waals surface area contributed by atoms with E-state index in [0.29, 0.717) is 6.54 Å². The largest absolute Gasteiger partial charge is 0.379 e. The van der Waals surface area contributed by atoms with E-state index in [1.807, 2.05) is 32.0 Å². The van der Waals surface area contributed by atoms with Crippen LogP contribution in [0.4, 0.5) is 5.69 Å². The number of hydrogen-bond acceptors (Lipinski definition) is 5. The Balaban J connectivity index is 0.00000280. The molecule has 1 aromatic carbocycles. The molecule has 1 aromatic heterocycles. The first-order chi connectivity index (χ1) is 13.1. The SMILES string of the molecule is CCC(CC)(CN)C(=O)Nc1ccc2nc(CCN3CCOCC3)[nH]c2c1.Cl.Cl.Cl. The van der Waals surface area contributed by atoms with Crippen molar-refractivity contribution >= 4 is 59.8 Å². The Labute approximate surface area is 197 Å². The van der Waals surface area contributed by atoms with Crippen molar-refractivity contribution in [2.24, 2.45) is 11.1 Å². The van der Waals surface area contributed by atoms with Crippen LogP contribution in [0, 0.1) is 5.41 Å². The third kappa shape index (κ3) is 6.70. The molecule has 0 unspecified atom stereocenters. The van der Waals surface area contributed by atoms with Gasteiger partial charge in [-0.3, -0.25) is 9.69 Å². The van der Waals surface area contributed by atoms with Crippen LogP contribution in [-0.4, -0.2) is 60.2 Å². The van der Waals surface area contributed by atoms with Gasteiger partial charge in [-0.05, 0) is 31.0 Å². The number of hydrogen-bond donors (Lipinski definition) is 3. The number of H-pyrrole nitrogens is 1. The molecular weight excluding hydrogens is 449 g/mol. The smallest absolute Gasteiger partial charge is 0.231 e. The van der Waals surface area contributed by atoms with Gasteiger partial charge < -0.3 is 20.8 Å². The zero-order chi connectivity index (χ0) is 19.3. The summed E-state index contributed by atoms with van der Waals surface area (Å²) in [7, 11) is 0. The Morgan fingerprint density at radius 1 is 1.23 bits per heavy atom. The number of carbonyl (C=O) groups excluding carboxylic acids is 1. The molecular formula is C20H34Cl3N5O2. The predicted molar refractivity (Wildman–Crippen MR) is 129 cm³/mol. The molecule has 4 N–H and O–H groups in total. The molecule has 0 bridgehead atoms. The molecule has 1 aliphatic rings. The molecule has 10 heteroatoms. The maximum absolute atomic E-state index is 12.7. The van der Waals surface area contributed by atoms with Crippen LogP contribution in [0.3, 0.4) is 0 Å². The number of imidazole rings is 1. The lowest BCUT2D eigenvalue weighted by atomic mass is 9.81. The number of aromatic amines is 1. The fourth-order valence-corrected chi connectivity index (χ4v) is 3.56. The highest BCUT2D eigenvalue weighted by Crippen LogP contribution is 2.27. The standard InChI is InChI=1S/C20H31N5O2.3ClH/c1-3-20(4-2,14-21)19(26)22-15-5-6-16-17(13-15)24-18(23-16)7-8-25-9-11-27-12-10-25;;;/h5-6,13H,3-4,7-12,14,21H2,1-2H3,(H,22,26)(H,23,24);3*1H. The molecule has 0 saturated carbocycles. The fraction of sp³-hybridized carbons (Fsp3) is 0.600. The molecule has 1 fully saturated rings. The zero-order valence-electron chi connectivity index (χ0n) is 17.6. The summed E-state index contributed by atoms with van der Waals surface area (Å²) in [6.45, 7) is 8.92. The van der Waals surface area contributed by atoms with Crippen molar-refractivity contribution in [1.29, 1.82) is 0 Å².